The fraction of sp³-hybridized carbons (Fsp3) is 0.167. The number of nitrogens with one attached hydrogen (secondary N) is 2. The number of anilines is 1. The molecular formula is C24H18F6N2O3. The molecule has 0 aromatic heterocycles. The molecule has 0 saturated carbocycles. The minimum atomic E-state index is -4.67. The molecule has 35 heavy (non-hydrogen) atoms. The number of ether oxygens (including phenoxy) is 1. The second kappa shape index (κ2) is 10.1. The van der Waals surface area contributed by atoms with Crippen molar-refractivity contribution in [2.24, 2.45) is 0 Å². The van der Waals surface area contributed by atoms with Crippen molar-refractivity contribution in [3.63, 3.8) is 0 Å². The van der Waals surface area contributed by atoms with Crippen LogP contribution in [0.3, 0.4) is 0 Å². The normalized spacial score (nSPS) is 11.2. The minimum absolute atomic E-state index is 0.0622. The van der Waals surface area contributed by atoms with Gasteiger partial charge in [-0.3, -0.25) is 9.59 Å². The molecule has 0 atom stereocenters. The van der Waals surface area contributed by atoms with Crippen molar-refractivity contribution >= 4 is 17.5 Å². The molecule has 3 aromatic rings. The Morgan fingerprint density at radius 2 is 1.60 bits per heavy atom. The first-order valence-electron chi connectivity index (χ1n) is 9.99. The highest BCUT2D eigenvalue weighted by Gasteiger charge is 2.28. The van der Waals surface area contributed by atoms with E-state index in [1.165, 1.54) is 32.2 Å². The molecule has 2 amide bonds. The van der Waals surface area contributed by atoms with Crippen LogP contribution in [0.25, 0.3) is 11.1 Å². The number of alkyl halides is 3. The molecule has 0 aliphatic carbocycles. The van der Waals surface area contributed by atoms with Gasteiger partial charge >= 0.3 is 6.18 Å². The number of hydrogen-bond acceptors (Lipinski definition) is 3. The molecule has 2 N–H and O–H groups in total. The second-order valence-electron chi connectivity index (χ2n) is 7.42. The smallest absolute Gasteiger partial charge is 0.405 e. The Hall–Kier alpha value is -4.02. The summed E-state index contributed by atoms with van der Waals surface area (Å²) in [4.78, 5) is 24.6. The van der Waals surface area contributed by atoms with Crippen LogP contribution in [0.2, 0.25) is 0 Å². The Kier molecular flexibility index (Phi) is 7.37. The third kappa shape index (κ3) is 6.11. The highest BCUT2D eigenvalue weighted by atomic mass is 19.4. The summed E-state index contributed by atoms with van der Waals surface area (Å²) in [5.41, 5.74) is -1.09. The van der Waals surface area contributed by atoms with Crippen LogP contribution in [0.15, 0.2) is 48.5 Å². The van der Waals surface area contributed by atoms with Crippen molar-refractivity contribution < 1.29 is 40.7 Å². The van der Waals surface area contributed by atoms with Crippen LogP contribution in [-0.4, -0.2) is 31.6 Å². The van der Waals surface area contributed by atoms with E-state index in [1.807, 2.05) is 0 Å². The largest absolute Gasteiger partial charge is 0.497 e. The number of carbonyl (C=O) groups is 2. The summed E-state index contributed by atoms with van der Waals surface area (Å²) in [6.07, 6.45) is -4.67. The minimum Gasteiger partial charge on any atom is -0.497 e. The maximum atomic E-state index is 14.7. The summed E-state index contributed by atoms with van der Waals surface area (Å²) < 4.78 is 85.2. The first-order valence-corrected chi connectivity index (χ1v) is 9.99. The van der Waals surface area contributed by atoms with Gasteiger partial charge in [0.05, 0.1) is 12.7 Å². The third-order valence-electron chi connectivity index (χ3n) is 5.01. The lowest BCUT2D eigenvalue weighted by molar-refractivity contribution is -0.123. The van der Waals surface area contributed by atoms with Crippen LogP contribution in [-0.2, 0) is 0 Å². The highest BCUT2D eigenvalue weighted by Crippen LogP contribution is 2.28. The molecule has 0 saturated heterocycles. The molecule has 0 aliphatic rings. The van der Waals surface area contributed by atoms with Gasteiger partial charge in [0.15, 0.2) is 0 Å². The van der Waals surface area contributed by atoms with Crippen LogP contribution in [0.1, 0.15) is 26.3 Å². The van der Waals surface area contributed by atoms with E-state index >= 15 is 0 Å². The highest BCUT2D eigenvalue weighted by molar-refractivity contribution is 6.06. The van der Waals surface area contributed by atoms with E-state index in [1.54, 1.807) is 5.32 Å². The monoisotopic (exact) mass is 496 g/mol. The summed E-state index contributed by atoms with van der Waals surface area (Å²) in [5, 5.41) is 3.85. The third-order valence-corrected chi connectivity index (χ3v) is 5.01. The van der Waals surface area contributed by atoms with Crippen molar-refractivity contribution in [2.75, 3.05) is 19.0 Å². The van der Waals surface area contributed by atoms with Crippen LogP contribution >= 0.6 is 0 Å². The number of halogens is 6. The molecule has 5 nitrogen and oxygen atoms in total. The maximum Gasteiger partial charge on any atom is 0.405 e. The molecule has 0 unspecified atom stereocenters. The molecule has 0 fully saturated rings. The quantitative estimate of drug-likeness (QED) is 0.435. The van der Waals surface area contributed by atoms with Gasteiger partial charge in [0.25, 0.3) is 11.8 Å². The van der Waals surface area contributed by atoms with E-state index in [-0.39, 0.29) is 28.1 Å². The van der Waals surface area contributed by atoms with Gasteiger partial charge in [0, 0.05) is 28.4 Å². The molecule has 0 spiro atoms. The lowest BCUT2D eigenvalue weighted by Crippen LogP contribution is -2.33. The zero-order valence-corrected chi connectivity index (χ0v) is 18.3. The summed E-state index contributed by atoms with van der Waals surface area (Å²) in [6, 6.07) is 9.00. The Balaban J connectivity index is 1.84. The fourth-order valence-electron chi connectivity index (χ4n) is 3.14. The number of benzene rings is 3. The molecule has 3 aromatic carbocycles. The van der Waals surface area contributed by atoms with Gasteiger partial charge in [-0.25, -0.2) is 13.2 Å². The fourth-order valence-corrected chi connectivity index (χ4v) is 3.14. The zero-order valence-electron chi connectivity index (χ0n) is 18.3. The lowest BCUT2D eigenvalue weighted by atomic mass is 10.0. The number of hydrogen-bond donors (Lipinski definition) is 2. The molecular weight excluding hydrogens is 478 g/mol. The van der Waals surface area contributed by atoms with Crippen molar-refractivity contribution in [1.82, 2.24) is 5.32 Å². The number of methoxy groups -OCH3 is 1. The van der Waals surface area contributed by atoms with Gasteiger partial charge in [-0.1, -0.05) is 6.07 Å². The van der Waals surface area contributed by atoms with Gasteiger partial charge in [-0.2, -0.15) is 13.2 Å². The van der Waals surface area contributed by atoms with Crippen molar-refractivity contribution in [3.05, 3.63) is 82.7 Å². The molecule has 0 radical (unpaired) electrons. The Labute approximate surface area is 195 Å². The first-order chi connectivity index (χ1) is 16.4. The second-order valence-corrected chi connectivity index (χ2v) is 7.42. The number of rotatable bonds is 6. The van der Waals surface area contributed by atoms with Gasteiger partial charge in [0.1, 0.15) is 29.7 Å². The summed E-state index contributed by atoms with van der Waals surface area (Å²) in [7, 11) is 1.36. The Morgan fingerprint density at radius 3 is 2.20 bits per heavy atom. The van der Waals surface area contributed by atoms with Crippen LogP contribution in [0, 0.1) is 24.4 Å². The molecule has 3 rings (SSSR count). The average Bonchev–Trinajstić information content (AvgIpc) is 2.79. The molecule has 11 heteroatoms. The maximum absolute atomic E-state index is 14.7. The summed E-state index contributed by atoms with van der Waals surface area (Å²) in [6.45, 7) is -0.371. The van der Waals surface area contributed by atoms with E-state index in [4.69, 9.17) is 4.74 Å². The lowest BCUT2D eigenvalue weighted by Gasteiger charge is -2.13. The molecule has 0 bridgehead atoms. The predicted octanol–water partition coefficient (Wildman–Crippen LogP) is 5.63. The topological polar surface area (TPSA) is 67.4 Å². The summed E-state index contributed by atoms with van der Waals surface area (Å²) >= 11 is 0. The van der Waals surface area contributed by atoms with Gasteiger partial charge in [0.2, 0.25) is 0 Å². The van der Waals surface area contributed by atoms with E-state index in [0.717, 1.165) is 30.3 Å². The van der Waals surface area contributed by atoms with Crippen molar-refractivity contribution in [3.8, 4) is 16.9 Å². The van der Waals surface area contributed by atoms with E-state index in [0.29, 0.717) is 0 Å². The summed E-state index contributed by atoms with van der Waals surface area (Å²) in [5.74, 6) is -4.61. The average molecular weight is 496 g/mol. The zero-order chi connectivity index (χ0) is 25.9. The first kappa shape index (κ1) is 25.6. The van der Waals surface area contributed by atoms with Crippen LogP contribution < -0.4 is 15.4 Å². The van der Waals surface area contributed by atoms with E-state index < -0.39 is 53.1 Å². The van der Waals surface area contributed by atoms with Crippen molar-refractivity contribution in [1.29, 1.82) is 0 Å². The van der Waals surface area contributed by atoms with Gasteiger partial charge < -0.3 is 15.4 Å². The number of carbonyl (C=O) groups excluding carboxylic acids is 2. The van der Waals surface area contributed by atoms with Crippen molar-refractivity contribution in [2.45, 2.75) is 13.1 Å². The molecule has 184 valence electrons. The van der Waals surface area contributed by atoms with E-state index in [2.05, 4.69) is 5.32 Å². The molecule has 0 heterocycles. The predicted molar refractivity (Wildman–Crippen MR) is 116 cm³/mol. The van der Waals surface area contributed by atoms with Gasteiger partial charge in [-0.05, 0) is 48.9 Å². The number of amides is 2. The van der Waals surface area contributed by atoms with E-state index in [9.17, 15) is 35.9 Å². The Bertz CT molecular complexity index is 1290. The SMILES string of the molecule is COc1ccc(-c2ccc(C(=O)Nc3cc(C(=O)NCC(F)(F)F)cc(F)c3C)c(F)c2)c(F)c1. The molecule has 0 aliphatic heterocycles. The van der Waals surface area contributed by atoms with Gasteiger partial charge in [-0.15, -0.1) is 0 Å². The Morgan fingerprint density at radius 1 is 0.886 bits per heavy atom. The van der Waals surface area contributed by atoms with Crippen LogP contribution in [0.4, 0.5) is 32.0 Å². The van der Waals surface area contributed by atoms with Crippen LogP contribution in [0.5, 0.6) is 5.75 Å². The standard InChI is InChI=1S/C24H18F6N2O3/c1-12-18(25)8-14(22(33)31-11-24(28,29)30)9-21(12)32-23(34)17-5-3-13(7-19(17)26)16-6-4-15(35-2)10-20(16)27/h3-10H,11H2,1-2H3,(H,31,33)(H,32,34).